The molecule has 0 aliphatic carbocycles. The number of ether oxygens (including phenoxy) is 2. The van der Waals surface area contributed by atoms with Crippen molar-refractivity contribution in [2.45, 2.75) is 6.92 Å². The Morgan fingerprint density at radius 2 is 1.96 bits per heavy atom. The van der Waals surface area contributed by atoms with E-state index in [1.165, 1.54) is 0 Å². The van der Waals surface area contributed by atoms with Gasteiger partial charge in [0.2, 0.25) is 0 Å². The molecule has 0 spiro atoms. The Morgan fingerprint density at radius 3 is 2.68 bits per heavy atom. The summed E-state index contributed by atoms with van der Waals surface area (Å²) in [6.45, 7) is 6.34. The van der Waals surface area contributed by atoms with E-state index in [1.807, 2.05) is 6.92 Å². The molecule has 1 aliphatic heterocycles. The predicted molar refractivity (Wildman–Crippen MR) is 113 cm³/mol. The van der Waals surface area contributed by atoms with E-state index in [0.29, 0.717) is 40.3 Å². The number of rotatable bonds is 7. The van der Waals surface area contributed by atoms with Gasteiger partial charge in [-0.2, -0.15) is 0 Å². The van der Waals surface area contributed by atoms with Crippen molar-refractivity contribution < 1.29 is 19.1 Å². The number of anilines is 1. The summed E-state index contributed by atoms with van der Waals surface area (Å²) in [5.74, 6) is 0.764. The van der Waals surface area contributed by atoms with E-state index in [0.717, 1.165) is 22.2 Å². The first-order valence-corrected chi connectivity index (χ1v) is 9.77. The van der Waals surface area contributed by atoms with Crippen molar-refractivity contribution >= 4 is 46.3 Å². The zero-order valence-corrected chi connectivity index (χ0v) is 16.8. The molecule has 1 aliphatic rings. The molecule has 0 N–H and O–H groups in total. The van der Waals surface area contributed by atoms with Crippen LogP contribution in [0.3, 0.4) is 0 Å². The van der Waals surface area contributed by atoms with Crippen molar-refractivity contribution in [2.24, 2.45) is 0 Å². The minimum atomic E-state index is -0.387. The predicted octanol–water partition coefficient (Wildman–Crippen LogP) is 5.54. The smallest absolute Gasteiger partial charge is 0.298 e. The summed E-state index contributed by atoms with van der Waals surface area (Å²) < 4.78 is 11.2. The lowest BCUT2D eigenvalue weighted by Crippen LogP contribution is -2.27. The molecule has 0 saturated carbocycles. The fourth-order valence-corrected chi connectivity index (χ4v) is 3.63. The Kier molecular flexibility index (Phi) is 6.44. The lowest BCUT2D eigenvalue weighted by atomic mass is 10.1. The van der Waals surface area contributed by atoms with Crippen molar-refractivity contribution in [1.29, 1.82) is 0 Å². The van der Waals surface area contributed by atoms with Crippen LogP contribution in [0.2, 0.25) is 5.02 Å². The summed E-state index contributed by atoms with van der Waals surface area (Å²) in [6.07, 6.45) is 3.31. The third-order valence-electron chi connectivity index (χ3n) is 3.78. The van der Waals surface area contributed by atoms with Crippen molar-refractivity contribution in [1.82, 2.24) is 0 Å². The highest BCUT2D eigenvalue weighted by molar-refractivity contribution is 8.19. The zero-order valence-electron chi connectivity index (χ0n) is 15.2. The average Bonchev–Trinajstić information content (AvgIpc) is 2.94. The number of thioether (sulfide) groups is 1. The van der Waals surface area contributed by atoms with Gasteiger partial charge in [0.1, 0.15) is 6.61 Å². The summed E-state index contributed by atoms with van der Waals surface area (Å²) >= 11 is 6.87. The number of benzene rings is 2. The molecule has 7 heteroatoms. The first kappa shape index (κ1) is 20.0. The molecule has 0 unspecified atom stereocenters. The maximum atomic E-state index is 12.8. The first-order chi connectivity index (χ1) is 13.5. The van der Waals surface area contributed by atoms with E-state index in [4.69, 9.17) is 21.1 Å². The van der Waals surface area contributed by atoms with E-state index < -0.39 is 0 Å². The van der Waals surface area contributed by atoms with Gasteiger partial charge in [-0.3, -0.25) is 9.59 Å². The van der Waals surface area contributed by atoms with Gasteiger partial charge < -0.3 is 9.47 Å². The number of hydrogen-bond acceptors (Lipinski definition) is 5. The maximum Gasteiger partial charge on any atom is 0.298 e. The molecule has 0 atom stereocenters. The summed E-state index contributed by atoms with van der Waals surface area (Å²) in [4.78, 5) is 26.6. The van der Waals surface area contributed by atoms with Crippen LogP contribution in [0, 0.1) is 0 Å². The number of amides is 2. The molecular formula is C21H18ClNO4S. The van der Waals surface area contributed by atoms with Gasteiger partial charge >= 0.3 is 0 Å². The van der Waals surface area contributed by atoms with Gasteiger partial charge in [0, 0.05) is 5.02 Å². The van der Waals surface area contributed by atoms with E-state index in [-0.39, 0.29) is 11.1 Å². The Balaban J connectivity index is 1.89. The topological polar surface area (TPSA) is 55.8 Å². The fraction of sp³-hybridized carbons (Fsp3) is 0.143. The first-order valence-electron chi connectivity index (χ1n) is 8.57. The Labute approximate surface area is 172 Å². The normalized spacial score (nSPS) is 15.2. The standard InChI is InChI=1S/C21H18ClNO4S/c1-3-10-27-17-9-8-14(11-18(17)26-4-2)12-19-20(24)23(21(25)28-19)16-7-5-6-15(22)13-16/h3,5-9,11-13H,1,4,10H2,2H3/b19-12-. The van der Waals surface area contributed by atoms with Crippen molar-refractivity contribution in [2.75, 3.05) is 18.1 Å². The number of carbonyl (C=O) groups is 2. The van der Waals surface area contributed by atoms with Crippen LogP contribution in [-0.4, -0.2) is 24.4 Å². The van der Waals surface area contributed by atoms with Crippen LogP contribution < -0.4 is 14.4 Å². The average molecular weight is 416 g/mol. The van der Waals surface area contributed by atoms with Crippen molar-refractivity contribution in [3.63, 3.8) is 0 Å². The van der Waals surface area contributed by atoms with E-state index >= 15 is 0 Å². The maximum absolute atomic E-state index is 12.8. The summed E-state index contributed by atoms with van der Waals surface area (Å²) in [5.41, 5.74) is 1.17. The van der Waals surface area contributed by atoms with Gasteiger partial charge in [-0.1, -0.05) is 36.4 Å². The molecule has 1 saturated heterocycles. The second kappa shape index (κ2) is 8.99. The number of hydrogen-bond donors (Lipinski definition) is 0. The van der Waals surface area contributed by atoms with Crippen LogP contribution in [-0.2, 0) is 4.79 Å². The monoisotopic (exact) mass is 415 g/mol. The lowest BCUT2D eigenvalue weighted by molar-refractivity contribution is -0.113. The Bertz CT molecular complexity index is 957. The molecule has 0 bridgehead atoms. The number of carbonyl (C=O) groups excluding carboxylic acids is 2. The molecule has 2 aromatic carbocycles. The fourth-order valence-electron chi connectivity index (χ4n) is 2.61. The van der Waals surface area contributed by atoms with E-state index in [2.05, 4.69) is 6.58 Å². The third-order valence-corrected chi connectivity index (χ3v) is 4.89. The zero-order chi connectivity index (χ0) is 20.1. The summed E-state index contributed by atoms with van der Waals surface area (Å²) in [7, 11) is 0. The van der Waals surface area contributed by atoms with Crippen LogP contribution >= 0.6 is 23.4 Å². The highest BCUT2D eigenvalue weighted by Crippen LogP contribution is 2.37. The van der Waals surface area contributed by atoms with Crippen LogP contribution in [0.1, 0.15) is 12.5 Å². The number of imide groups is 1. The van der Waals surface area contributed by atoms with Gasteiger partial charge in [-0.05, 0) is 60.7 Å². The van der Waals surface area contributed by atoms with Crippen LogP contribution in [0.4, 0.5) is 10.5 Å². The molecule has 144 valence electrons. The van der Waals surface area contributed by atoms with Gasteiger partial charge in [0.15, 0.2) is 11.5 Å². The summed E-state index contributed by atoms with van der Waals surface area (Å²) in [6, 6.07) is 12.0. The summed E-state index contributed by atoms with van der Waals surface area (Å²) in [5, 5.41) is 0.0893. The van der Waals surface area contributed by atoms with Crippen molar-refractivity contribution in [3.8, 4) is 11.5 Å². The molecule has 28 heavy (non-hydrogen) atoms. The molecule has 1 heterocycles. The van der Waals surface area contributed by atoms with E-state index in [9.17, 15) is 9.59 Å². The quantitative estimate of drug-likeness (QED) is 0.438. The molecule has 3 rings (SSSR count). The highest BCUT2D eigenvalue weighted by Gasteiger charge is 2.36. The molecule has 0 radical (unpaired) electrons. The minimum Gasteiger partial charge on any atom is -0.490 e. The SMILES string of the molecule is C=CCOc1ccc(/C=C2\SC(=O)N(c3cccc(Cl)c3)C2=O)cc1OCC. The van der Waals surface area contributed by atoms with Gasteiger partial charge in [0.25, 0.3) is 11.1 Å². The highest BCUT2D eigenvalue weighted by atomic mass is 35.5. The van der Waals surface area contributed by atoms with Crippen molar-refractivity contribution in [3.05, 3.63) is 70.6 Å². The second-order valence-corrected chi connectivity index (χ2v) is 7.17. The minimum absolute atomic E-state index is 0.326. The molecule has 0 aromatic heterocycles. The molecule has 5 nitrogen and oxygen atoms in total. The van der Waals surface area contributed by atoms with E-state index in [1.54, 1.807) is 54.6 Å². The molecule has 2 aromatic rings. The molecule has 1 fully saturated rings. The Morgan fingerprint density at radius 1 is 1.14 bits per heavy atom. The lowest BCUT2D eigenvalue weighted by Gasteiger charge is -2.12. The third kappa shape index (κ3) is 4.40. The van der Waals surface area contributed by atoms with Crippen LogP contribution in [0.25, 0.3) is 6.08 Å². The van der Waals surface area contributed by atoms with Gasteiger partial charge in [-0.15, -0.1) is 0 Å². The van der Waals surface area contributed by atoms with Crippen LogP contribution in [0.15, 0.2) is 60.0 Å². The Hall–Kier alpha value is -2.70. The molecular weight excluding hydrogens is 398 g/mol. The number of halogens is 1. The largest absolute Gasteiger partial charge is 0.490 e. The van der Waals surface area contributed by atoms with Crippen LogP contribution in [0.5, 0.6) is 11.5 Å². The van der Waals surface area contributed by atoms with Gasteiger partial charge in [0.05, 0.1) is 17.2 Å². The van der Waals surface area contributed by atoms with Gasteiger partial charge in [-0.25, -0.2) is 4.90 Å². The molecule has 2 amide bonds. The number of nitrogens with zero attached hydrogens (tertiary/aromatic N) is 1. The second-order valence-electron chi connectivity index (χ2n) is 5.74.